The van der Waals surface area contributed by atoms with Gasteiger partial charge in [-0.2, -0.15) is 5.26 Å². The molecule has 6 nitrogen and oxygen atoms in total. The van der Waals surface area contributed by atoms with Crippen LogP contribution in [0.3, 0.4) is 0 Å². The van der Waals surface area contributed by atoms with E-state index in [2.05, 4.69) is 6.07 Å². The van der Waals surface area contributed by atoms with Gasteiger partial charge in [0.05, 0.1) is 23.1 Å². The predicted molar refractivity (Wildman–Crippen MR) is 111 cm³/mol. The highest BCUT2D eigenvalue weighted by atomic mass is 16.6. The average molecular weight is 389 g/mol. The SMILES string of the molecule is N#Cc1ccc(/C=C/C(=O)N(Cc2ccccc2[N+](=O)[O-])C2CCCCC2)cc1. The van der Waals surface area contributed by atoms with Crippen molar-refractivity contribution in [2.45, 2.75) is 44.7 Å². The molecule has 6 heteroatoms. The Labute approximate surface area is 170 Å². The van der Waals surface area contributed by atoms with E-state index < -0.39 is 4.92 Å². The first-order chi connectivity index (χ1) is 14.1. The van der Waals surface area contributed by atoms with E-state index in [1.54, 1.807) is 53.4 Å². The molecule has 0 aromatic heterocycles. The van der Waals surface area contributed by atoms with Crippen molar-refractivity contribution in [3.8, 4) is 6.07 Å². The second-order valence-corrected chi connectivity index (χ2v) is 7.21. The standard InChI is InChI=1S/C23H23N3O3/c24-16-19-12-10-18(11-13-19)14-15-23(27)25(21-7-2-1-3-8-21)17-20-6-4-5-9-22(20)26(28)29/h4-6,9-15,21H,1-3,7-8,17H2/b15-14+. The molecule has 0 spiro atoms. The molecule has 0 N–H and O–H groups in total. The quantitative estimate of drug-likeness (QED) is 0.402. The normalized spacial score (nSPS) is 14.4. The number of nitro benzene ring substituents is 1. The van der Waals surface area contributed by atoms with Gasteiger partial charge in [0.2, 0.25) is 5.91 Å². The summed E-state index contributed by atoms with van der Waals surface area (Å²) in [4.78, 5) is 25.8. The summed E-state index contributed by atoms with van der Waals surface area (Å²) in [5, 5.41) is 20.3. The highest BCUT2D eigenvalue weighted by Crippen LogP contribution is 2.27. The molecule has 2 aromatic rings. The summed E-state index contributed by atoms with van der Waals surface area (Å²) in [6, 6.07) is 15.7. The summed E-state index contributed by atoms with van der Waals surface area (Å²) in [6.07, 6.45) is 8.35. The van der Waals surface area contributed by atoms with Gasteiger partial charge in [0.1, 0.15) is 0 Å². The largest absolute Gasteiger partial charge is 0.332 e. The molecule has 1 saturated carbocycles. The van der Waals surface area contributed by atoms with E-state index in [0.717, 1.165) is 37.7 Å². The first kappa shape index (κ1) is 20.3. The number of nitrogens with zero attached hydrogens (tertiary/aromatic N) is 3. The molecule has 0 bridgehead atoms. The Bertz CT molecular complexity index is 939. The number of rotatable bonds is 6. The Morgan fingerprint density at radius 3 is 2.48 bits per heavy atom. The number of hydrogen-bond donors (Lipinski definition) is 0. The van der Waals surface area contributed by atoms with Crippen LogP contribution in [0.5, 0.6) is 0 Å². The summed E-state index contributed by atoms with van der Waals surface area (Å²) in [7, 11) is 0. The molecular formula is C23H23N3O3. The fourth-order valence-electron chi connectivity index (χ4n) is 3.72. The van der Waals surface area contributed by atoms with E-state index in [1.165, 1.54) is 12.1 Å². The molecule has 2 aromatic carbocycles. The van der Waals surface area contributed by atoms with Gasteiger partial charge in [-0.1, -0.05) is 49.6 Å². The molecule has 1 aliphatic carbocycles. The van der Waals surface area contributed by atoms with Crippen LogP contribution in [0.1, 0.15) is 48.8 Å². The van der Waals surface area contributed by atoms with E-state index in [0.29, 0.717) is 11.1 Å². The first-order valence-electron chi connectivity index (χ1n) is 9.79. The zero-order chi connectivity index (χ0) is 20.6. The van der Waals surface area contributed by atoms with Crippen LogP contribution in [0.15, 0.2) is 54.6 Å². The summed E-state index contributed by atoms with van der Waals surface area (Å²) >= 11 is 0. The molecule has 0 heterocycles. The molecule has 0 radical (unpaired) electrons. The molecule has 0 atom stereocenters. The van der Waals surface area contributed by atoms with Crippen LogP contribution in [0, 0.1) is 21.4 Å². The van der Waals surface area contributed by atoms with Crippen molar-refractivity contribution in [3.05, 3.63) is 81.4 Å². The van der Waals surface area contributed by atoms with Gasteiger partial charge in [-0.15, -0.1) is 0 Å². The fraction of sp³-hybridized carbons (Fsp3) is 0.304. The number of benzene rings is 2. The monoisotopic (exact) mass is 389 g/mol. The van der Waals surface area contributed by atoms with E-state index in [9.17, 15) is 14.9 Å². The van der Waals surface area contributed by atoms with Crippen LogP contribution in [-0.2, 0) is 11.3 Å². The third-order valence-corrected chi connectivity index (χ3v) is 5.29. The molecule has 1 fully saturated rings. The molecule has 0 unspecified atom stereocenters. The highest BCUT2D eigenvalue weighted by molar-refractivity contribution is 5.92. The van der Waals surface area contributed by atoms with Crippen LogP contribution in [0.4, 0.5) is 5.69 Å². The van der Waals surface area contributed by atoms with Gasteiger partial charge in [0.25, 0.3) is 5.69 Å². The van der Waals surface area contributed by atoms with Gasteiger partial charge in [-0.05, 0) is 36.6 Å². The van der Waals surface area contributed by atoms with Crippen molar-refractivity contribution >= 4 is 17.7 Å². The number of amides is 1. The van der Waals surface area contributed by atoms with Crippen molar-refractivity contribution in [2.24, 2.45) is 0 Å². The number of carbonyl (C=O) groups excluding carboxylic acids is 1. The summed E-state index contributed by atoms with van der Waals surface area (Å²) in [6.45, 7) is 0.221. The van der Waals surface area contributed by atoms with Gasteiger partial charge in [-0.25, -0.2) is 0 Å². The van der Waals surface area contributed by atoms with E-state index in [-0.39, 0.29) is 24.2 Å². The van der Waals surface area contributed by atoms with E-state index in [1.807, 2.05) is 0 Å². The van der Waals surface area contributed by atoms with Crippen molar-refractivity contribution in [3.63, 3.8) is 0 Å². The smallest absolute Gasteiger partial charge is 0.274 e. The maximum absolute atomic E-state index is 13.0. The second kappa shape index (κ2) is 9.65. The lowest BCUT2D eigenvalue weighted by atomic mass is 9.93. The fourth-order valence-corrected chi connectivity index (χ4v) is 3.72. The summed E-state index contributed by atoms with van der Waals surface area (Å²) in [5.74, 6) is -0.153. The van der Waals surface area contributed by atoms with Crippen LogP contribution in [0.25, 0.3) is 6.08 Å². The molecular weight excluding hydrogens is 366 g/mol. The predicted octanol–water partition coefficient (Wildman–Crippen LogP) is 4.84. The molecule has 1 aliphatic rings. The third-order valence-electron chi connectivity index (χ3n) is 5.29. The molecule has 0 saturated heterocycles. The Morgan fingerprint density at radius 2 is 1.83 bits per heavy atom. The van der Waals surface area contributed by atoms with E-state index in [4.69, 9.17) is 5.26 Å². The van der Waals surface area contributed by atoms with Crippen molar-refractivity contribution in [1.29, 1.82) is 5.26 Å². The number of para-hydroxylation sites is 1. The lowest BCUT2D eigenvalue weighted by Gasteiger charge is -2.33. The molecule has 0 aliphatic heterocycles. The molecule has 3 rings (SSSR count). The maximum Gasteiger partial charge on any atom is 0.274 e. The Hall–Kier alpha value is -3.46. The van der Waals surface area contributed by atoms with Gasteiger partial charge in [0.15, 0.2) is 0 Å². The second-order valence-electron chi connectivity index (χ2n) is 7.21. The molecule has 29 heavy (non-hydrogen) atoms. The highest BCUT2D eigenvalue weighted by Gasteiger charge is 2.26. The summed E-state index contributed by atoms with van der Waals surface area (Å²) in [5.41, 5.74) is 1.97. The lowest BCUT2D eigenvalue weighted by Crippen LogP contribution is -2.40. The topological polar surface area (TPSA) is 87.2 Å². The number of nitro groups is 1. The lowest BCUT2D eigenvalue weighted by molar-refractivity contribution is -0.385. The van der Waals surface area contributed by atoms with Crippen molar-refractivity contribution < 1.29 is 9.72 Å². The van der Waals surface area contributed by atoms with Crippen molar-refractivity contribution in [1.82, 2.24) is 4.90 Å². The molecule has 1 amide bonds. The first-order valence-corrected chi connectivity index (χ1v) is 9.79. The minimum Gasteiger partial charge on any atom is -0.332 e. The number of hydrogen-bond acceptors (Lipinski definition) is 4. The minimum absolute atomic E-state index is 0.0391. The van der Waals surface area contributed by atoms with Crippen LogP contribution in [-0.4, -0.2) is 21.8 Å². The number of carbonyl (C=O) groups is 1. The van der Waals surface area contributed by atoms with Gasteiger partial charge < -0.3 is 4.90 Å². The maximum atomic E-state index is 13.0. The Balaban J connectivity index is 1.83. The van der Waals surface area contributed by atoms with Crippen molar-refractivity contribution in [2.75, 3.05) is 0 Å². The van der Waals surface area contributed by atoms with Gasteiger partial charge in [-0.3, -0.25) is 14.9 Å². The Morgan fingerprint density at radius 1 is 1.14 bits per heavy atom. The minimum atomic E-state index is -0.397. The molecule has 148 valence electrons. The third kappa shape index (κ3) is 5.29. The van der Waals surface area contributed by atoms with Gasteiger partial charge in [0, 0.05) is 23.7 Å². The Kier molecular flexibility index (Phi) is 6.75. The van der Waals surface area contributed by atoms with Gasteiger partial charge >= 0.3 is 0 Å². The zero-order valence-corrected chi connectivity index (χ0v) is 16.2. The van der Waals surface area contributed by atoms with Crippen LogP contribution >= 0.6 is 0 Å². The number of nitriles is 1. The zero-order valence-electron chi connectivity index (χ0n) is 16.2. The average Bonchev–Trinajstić information content (AvgIpc) is 2.77. The van der Waals surface area contributed by atoms with E-state index >= 15 is 0 Å². The summed E-state index contributed by atoms with van der Waals surface area (Å²) < 4.78 is 0. The van der Waals surface area contributed by atoms with Crippen LogP contribution < -0.4 is 0 Å². The van der Waals surface area contributed by atoms with Crippen LogP contribution in [0.2, 0.25) is 0 Å².